The molecule has 31 heavy (non-hydrogen) atoms. The van der Waals surface area contributed by atoms with Gasteiger partial charge in [-0.2, -0.15) is 0 Å². The second-order valence-electron chi connectivity index (χ2n) is 7.75. The molecule has 3 aromatic rings. The maximum Gasteiger partial charge on any atom is 0.321 e. The monoisotopic (exact) mass is 420 g/mol. The zero-order chi connectivity index (χ0) is 21.3. The minimum Gasteiger partial charge on any atom is -0.497 e. The van der Waals surface area contributed by atoms with Gasteiger partial charge >= 0.3 is 6.03 Å². The van der Waals surface area contributed by atoms with Crippen molar-refractivity contribution in [2.75, 3.05) is 25.5 Å². The number of furan rings is 1. The second-order valence-corrected chi connectivity index (χ2v) is 7.75. The lowest BCUT2D eigenvalue weighted by Gasteiger charge is -2.43. The first-order valence-electron chi connectivity index (χ1n) is 10.3. The molecule has 2 amide bonds. The lowest BCUT2D eigenvalue weighted by molar-refractivity contribution is -0.225. The highest BCUT2D eigenvalue weighted by Crippen LogP contribution is 2.39. The number of carbonyl (C=O) groups is 1. The summed E-state index contributed by atoms with van der Waals surface area (Å²) in [5, 5.41) is 2.93. The van der Waals surface area contributed by atoms with E-state index in [-0.39, 0.29) is 6.03 Å². The van der Waals surface area contributed by atoms with Gasteiger partial charge in [-0.3, -0.25) is 0 Å². The Balaban J connectivity index is 1.22. The van der Waals surface area contributed by atoms with Gasteiger partial charge in [0.05, 0.1) is 20.0 Å². The number of urea groups is 1. The number of hydrogen-bond acceptors (Lipinski definition) is 5. The molecule has 0 saturated carbocycles. The second kappa shape index (κ2) is 8.00. The Morgan fingerprint density at radius 2 is 1.97 bits per heavy atom. The van der Waals surface area contributed by atoms with E-state index >= 15 is 0 Å². The first-order chi connectivity index (χ1) is 15.1. The molecule has 3 heterocycles. The van der Waals surface area contributed by atoms with Crippen LogP contribution in [0.4, 0.5) is 10.5 Å². The standard InChI is InChI=1S/C24H24N2O5/c1-28-20-5-2-4-19(15-20)25-23(27)26-11-9-24(10-12-26)30-16-18-14-17(7-8-22(18)31-24)21-6-3-13-29-21/h2-8,13-15H,9-12,16H2,1H3,(H,25,27). The number of ether oxygens (including phenoxy) is 3. The minimum absolute atomic E-state index is 0.137. The summed E-state index contributed by atoms with van der Waals surface area (Å²) < 4.78 is 23.1. The van der Waals surface area contributed by atoms with Crippen LogP contribution in [0, 0.1) is 0 Å². The van der Waals surface area contributed by atoms with Crippen LogP contribution >= 0.6 is 0 Å². The van der Waals surface area contributed by atoms with Crippen molar-refractivity contribution in [2.45, 2.75) is 25.2 Å². The van der Waals surface area contributed by atoms with Gasteiger partial charge in [0.25, 0.3) is 0 Å². The molecule has 5 rings (SSSR count). The van der Waals surface area contributed by atoms with Crippen molar-refractivity contribution in [3.63, 3.8) is 0 Å². The highest BCUT2D eigenvalue weighted by Gasteiger charge is 2.42. The minimum atomic E-state index is -0.689. The fourth-order valence-electron chi connectivity index (χ4n) is 4.03. The van der Waals surface area contributed by atoms with Gasteiger partial charge in [0, 0.05) is 48.8 Å². The van der Waals surface area contributed by atoms with Gasteiger partial charge in [0.1, 0.15) is 17.3 Å². The number of rotatable bonds is 3. The Labute approximate surface area is 180 Å². The van der Waals surface area contributed by atoms with Gasteiger partial charge in [0.15, 0.2) is 0 Å². The average molecular weight is 420 g/mol. The van der Waals surface area contributed by atoms with E-state index in [1.54, 1.807) is 24.3 Å². The molecule has 1 saturated heterocycles. The van der Waals surface area contributed by atoms with Crippen molar-refractivity contribution in [3.8, 4) is 22.8 Å². The van der Waals surface area contributed by atoms with E-state index in [9.17, 15) is 4.79 Å². The summed E-state index contributed by atoms with van der Waals surface area (Å²) in [5.74, 6) is 1.66. The van der Waals surface area contributed by atoms with E-state index in [1.807, 2.05) is 48.5 Å². The van der Waals surface area contributed by atoms with Gasteiger partial charge in [-0.1, -0.05) is 6.07 Å². The van der Waals surface area contributed by atoms with Gasteiger partial charge < -0.3 is 28.8 Å². The quantitative estimate of drug-likeness (QED) is 0.653. The SMILES string of the molecule is COc1cccc(NC(=O)N2CCC3(CC2)OCc2cc(-c4ccco4)ccc2O3)c1. The summed E-state index contributed by atoms with van der Waals surface area (Å²) in [6.45, 7) is 1.57. The summed E-state index contributed by atoms with van der Waals surface area (Å²) in [4.78, 5) is 14.5. The summed E-state index contributed by atoms with van der Waals surface area (Å²) >= 11 is 0. The molecule has 2 aliphatic heterocycles. The molecule has 7 heteroatoms. The van der Waals surface area contributed by atoms with Crippen molar-refractivity contribution >= 4 is 11.7 Å². The molecule has 0 atom stereocenters. The number of amides is 2. The molecule has 0 aliphatic carbocycles. The van der Waals surface area contributed by atoms with Crippen LogP contribution in [0.2, 0.25) is 0 Å². The molecular formula is C24H24N2O5. The molecule has 0 unspecified atom stereocenters. The Bertz CT molecular complexity index is 1070. The van der Waals surface area contributed by atoms with E-state index in [4.69, 9.17) is 18.6 Å². The third-order valence-electron chi connectivity index (χ3n) is 5.79. The maximum absolute atomic E-state index is 12.7. The molecular weight excluding hydrogens is 396 g/mol. The number of fused-ring (bicyclic) bond motifs is 1. The van der Waals surface area contributed by atoms with Crippen LogP contribution in [0.25, 0.3) is 11.3 Å². The van der Waals surface area contributed by atoms with E-state index in [0.717, 1.165) is 22.6 Å². The predicted molar refractivity (Wildman–Crippen MR) is 115 cm³/mol. The molecule has 1 fully saturated rings. The van der Waals surface area contributed by atoms with Crippen LogP contribution in [0.1, 0.15) is 18.4 Å². The summed E-state index contributed by atoms with van der Waals surface area (Å²) in [6, 6.07) is 17.0. The van der Waals surface area contributed by atoms with Crippen molar-refractivity contribution in [1.82, 2.24) is 4.90 Å². The Morgan fingerprint density at radius 3 is 2.74 bits per heavy atom. The van der Waals surface area contributed by atoms with Gasteiger partial charge in [0.2, 0.25) is 5.79 Å². The fraction of sp³-hybridized carbons (Fsp3) is 0.292. The Kier molecular flexibility index (Phi) is 5.03. The zero-order valence-corrected chi connectivity index (χ0v) is 17.3. The van der Waals surface area contributed by atoms with Crippen LogP contribution in [0.3, 0.4) is 0 Å². The van der Waals surface area contributed by atoms with Crippen molar-refractivity contribution < 1.29 is 23.4 Å². The van der Waals surface area contributed by atoms with E-state index in [2.05, 4.69) is 5.32 Å². The molecule has 2 aliphatic rings. The number of anilines is 1. The van der Waals surface area contributed by atoms with E-state index in [0.29, 0.717) is 44.0 Å². The number of nitrogens with zero attached hydrogens (tertiary/aromatic N) is 1. The van der Waals surface area contributed by atoms with Crippen LogP contribution in [-0.4, -0.2) is 36.9 Å². The van der Waals surface area contributed by atoms with Crippen LogP contribution in [0.5, 0.6) is 11.5 Å². The molecule has 1 spiro atoms. The van der Waals surface area contributed by atoms with Crippen molar-refractivity contribution in [3.05, 3.63) is 66.4 Å². The zero-order valence-electron chi connectivity index (χ0n) is 17.3. The molecule has 1 N–H and O–H groups in total. The van der Waals surface area contributed by atoms with E-state index in [1.165, 1.54) is 0 Å². The summed E-state index contributed by atoms with van der Waals surface area (Å²) in [5.41, 5.74) is 2.70. The topological polar surface area (TPSA) is 73.2 Å². The van der Waals surface area contributed by atoms with Gasteiger partial charge in [-0.25, -0.2) is 4.79 Å². The smallest absolute Gasteiger partial charge is 0.321 e. The van der Waals surface area contributed by atoms with Gasteiger partial charge in [-0.15, -0.1) is 0 Å². The first kappa shape index (κ1) is 19.5. The third kappa shape index (κ3) is 3.96. The lowest BCUT2D eigenvalue weighted by atomic mass is 10.0. The predicted octanol–water partition coefficient (Wildman–Crippen LogP) is 4.89. The van der Waals surface area contributed by atoms with E-state index < -0.39 is 5.79 Å². The van der Waals surface area contributed by atoms with Gasteiger partial charge in [-0.05, 0) is 42.5 Å². The number of hydrogen-bond donors (Lipinski definition) is 1. The van der Waals surface area contributed by atoms with Crippen molar-refractivity contribution in [1.29, 1.82) is 0 Å². The highest BCUT2D eigenvalue weighted by molar-refractivity contribution is 5.89. The largest absolute Gasteiger partial charge is 0.497 e. The first-order valence-corrected chi connectivity index (χ1v) is 10.3. The van der Waals surface area contributed by atoms with Crippen molar-refractivity contribution in [2.24, 2.45) is 0 Å². The Morgan fingerprint density at radius 1 is 1.10 bits per heavy atom. The summed E-state index contributed by atoms with van der Waals surface area (Å²) in [6.07, 6.45) is 2.88. The number of likely N-dealkylation sites (tertiary alicyclic amines) is 1. The number of methoxy groups -OCH3 is 1. The van der Waals surface area contributed by atoms with Crippen LogP contribution in [-0.2, 0) is 11.3 Å². The van der Waals surface area contributed by atoms with Crippen LogP contribution in [0.15, 0.2) is 65.3 Å². The molecule has 160 valence electrons. The lowest BCUT2D eigenvalue weighted by Crippen LogP contribution is -2.53. The molecule has 0 bridgehead atoms. The molecule has 7 nitrogen and oxygen atoms in total. The molecule has 2 aromatic carbocycles. The van der Waals surface area contributed by atoms with Crippen LogP contribution < -0.4 is 14.8 Å². The normalized spacial score (nSPS) is 17.0. The Hall–Kier alpha value is -3.45. The number of nitrogens with one attached hydrogen (secondary N) is 1. The summed E-state index contributed by atoms with van der Waals surface area (Å²) in [7, 11) is 1.60. The molecule has 0 radical (unpaired) electrons. The number of benzene rings is 2. The molecule has 1 aromatic heterocycles. The third-order valence-corrected chi connectivity index (χ3v) is 5.79. The average Bonchev–Trinajstić information content (AvgIpc) is 3.34. The maximum atomic E-state index is 12.7. The fourth-order valence-corrected chi connectivity index (χ4v) is 4.03. The number of carbonyl (C=O) groups excluding carboxylic acids is 1. The highest BCUT2D eigenvalue weighted by atomic mass is 16.7. The number of piperidine rings is 1.